The number of nitrogens with one attached hydrogen (secondary N) is 1. The lowest BCUT2D eigenvalue weighted by atomic mass is 10.2. The summed E-state index contributed by atoms with van der Waals surface area (Å²) < 4.78 is 1.84. The van der Waals surface area contributed by atoms with Gasteiger partial charge in [-0.1, -0.05) is 23.7 Å². The Balaban J connectivity index is 0.00000264. The third kappa shape index (κ3) is 6.02. The van der Waals surface area contributed by atoms with E-state index in [1.807, 2.05) is 49.1 Å². The van der Waals surface area contributed by atoms with E-state index in [0.717, 1.165) is 29.8 Å². The van der Waals surface area contributed by atoms with E-state index < -0.39 is 0 Å². The lowest BCUT2D eigenvalue weighted by molar-refractivity contribution is 0.476. The molecule has 0 aliphatic carbocycles. The summed E-state index contributed by atoms with van der Waals surface area (Å²) in [4.78, 5) is 6.78. The van der Waals surface area contributed by atoms with Gasteiger partial charge in [0.1, 0.15) is 0 Å². The van der Waals surface area contributed by atoms with Crippen LogP contribution in [0.15, 0.2) is 41.5 Å². The Bertz CT molecular complexity index is 624. The highest BCUT2D eigenvalue weighted by atomic mass is 127. The molecule has 0 saturated heterocycles. The molecule has 1 aromatic carbocycles. The summed E-state index contributed by atoms with van der Waals surface area (Å²) in [6.07, 6.45) is 1.79. The van der Waals surface area contributed by atoms with Gasteiger partial charge in [0, 0.05) is 38.4 Å². The zero-order chi connectivity index (χ0) is 15.9. The topological polar surface area (TPSA) is 45.5 Å². The van der Waals surface area contributed by atoms with Crippen LogP contribution in [0.3, 0.4) is 0 Å². The maximum absolute atomic E-state index is 5.92. The van der Waals surface area contributed by atoms with Crippen LogP contribution in [0.4, 0.5) is 0 Å². The summed E-state index contributed by atoms with van der Waals surface area (Å²) in [7, 11) is 3.95. The summed E-state index contributed by atoms with van der Waals surface area (Å²) in [5.41, 5.74) is 2.27. The van der Waals surface area contributed by atoms with E-state index in [1.165, 1.54) is 5.56 Å². The van der Waals surface area contributed by atoms with E-state index in [1.54, 1.807) is 6.20 Å². The molecule has 0 aliphatic heterocycles. The van der Waals surface area contributed by atoms with E-state index in [-0.39, 0.29) is 24.0 Å². The van der Waals surface area contributed by atoms with Crippen molar-refractivity contribution in [1.82, 2.24) is 20.0 Å². The molecule has 7 heteroatoms. The average Bonchev–Trinajstić information content (AvgIpc) is 2.91. The van der Waals surface area contributed by atoms with Crippen LogP contribution >= 0.6 is 35.6 Å². The maximum Gasteiger partial charge on any atom is 0.194 e. The summed E-state index contributed by atoms with van der Waals surface area (Å²) in [6, 6.07) is 9.86. The summed E-state index contributed by atoms with van der Waals surface area (Å²) >= 11 is 5.92. The molecule has 23 heavy (non-hydrogen) atoms. The zero-order valence-corrected chi connectivity index (χ0v) is 16.7. The Morgan fingerprint density at radius 1 is 1.30 bits per heavy atom. The summed E-state index contributed by atoms with van der Waals surface area (Å²) in [6.45, 7) is 4.27. The monoisotopic (exact) mass is 447 g/mol. The molecule has 2 aromatic rings. The van der Waals surface area contributed by atoms with Gasteiger partial charge in [0.2, 0.25) is 0 Å². The second kappa shape index (κ2) is 9.77. The van der Waals surface area contributed by atoms with Crippen LogP contribution in [-0.2, 0) is 20.1 Å². The number of aromatic nitrogens is 2. The fourth-order valence-corrected chi connectivity index (χ4v) is 2.25. The summed E-state index contributed by atoms with van der Waals surface area (Å²) in [5.74, 6) is 0.874. The molecular formula is C16H23ClIN5. The molecule has 0 spiro atoms. The van der Waals surface area contributed by atoms with Gasteiger partial charge >= 0.3 is 0 Å². The highest BCUT2D eigenvalue weighted by Crippen LogP contribution is 2.11. The SMILES string of the molecule is CCNC(=NCc1ccnn1C)N(C)Cc1ccc(Cl)cc1.I. The van der Waals surface area contributed by atoms with Gasteiger partial charge < -0.3 is 10.2 Å². The minimum atomic E-state index is 0. The van der Waals surface area contributed by atoms with E-state index in [4.69, 9.17) is 11.6 Å². The van der Waals surface area contributed by atoms with Crippen LogP contribution in [-0.4, -0.2) is 34.2 Å². The predicted octanol–water partition coefficient (Wildman–Crippen LogP) is 3.29. The van der Waals surface area contributed by atoms with E-state index >= 15 is 0 Å². The second-order valence-corrected chi connectivity index (χ2v) is 5.54. The largest absolute Gasteiger partial charge is 0.357 e. The molecule has 1 aromatic heterocycles. The number of aliphatic imine (C=N–C) groups is 1. The van der Waals surface area contributed by atoms with Gasteiger partial charge in [-0.15, -0.1) is 24.0 Å². The van der Waals surface area contributed by atoms with Gasteiger partial charge in [0.15, 0.2) is 5.96 Å². The van der Waals surface area contributed by atoms with E-state index in [2.05, 4.69) is 27.2 Å². The Labute approximate surface area is 159 Å². The van der Waals surface area contributed by atoms with Gasteiger partial charge in [-0.2, -0.15) is 5.10 Å². The van der Waals surface area contributed by atoms with Crippen molar-refractivity contribution in [3.63, 3.8) is 0 Å². The van der Waals surface area contributed by atoms with Crippen molar-refractivity contribution >= 4 is 41.5 Å². The fraction of sp³-hybridized carbons (Fsp3) is 0.375. The predicted molar refractivity (Wildman–Crippen MR) is 106 cm³/mol. The normalized spacial score (nSPS) is 11.0. The number of hydrogen-bond acceptors (Lipinski definition) is 2. The number of aryl methyl sites for hydroxylation is 1. The molecular weight excluding hydrogens is 425 g/mol. The Kier molecular flexibility index (Phi) is 8.40. The van der Waals surface area contributed by atoms with Crippen LogP contribution in [0.2, 0.25) is 5.02 Å². The Morgan fingerprint density at radius 2 is 2.00 bits per heavy atom. The van der Waals surface area contributed by atoms with Crippen molar-refractivity contribution in [1.29, 1.82) is 0 Å². The van der Waals surface area contributed by atoms with Gasteiger partial charge in [-0.3, -0.25) is 4.68 Å². The molecule has 0 radical (unpaired) electrons. The second-order valence-electron chi connectivity index (χ2n) is 5.10. The molecule has 2 rings (SSSR count). The number of rotatable bonds is 5. The van der Waals surface area contributed by atoms with Crippen LogP contribution in [0.25, 0.3) is 0 Å². The Morgan fingerprint density at radius 3 is 2.57 bits per heavy atom. The van der Waals surface area contributed by atoms with Crippen LogP contribution < -0.4 is 5.32 Å². The first kappa shape index (κ1) is 19.8. The molecule has 1 heterocycles. The van der Waals surface area contributed by atoms with Gasteiger partial charge in [0.25, 0.3) is 0 Å². The lowest BCUT2D eigenvalue weighted by Crippen LogP contribution is -2.38. The molecule has 5 nitrogen and oxygen atoms in total. The molecule has 0 unspecified atom stereocenters. The molecule has 126 valence electrons. The smallest absolute Gasteiger partial charge is 0.194 e. The number of benzene rings is 1. The standard InChI is InChI=1S/C16H22ClN5.HI/c1-4-18-16(19-11-15-9-10-20-22(15)3)21(2)12-13-5-7-14(17)8-6-13;/h5-10H,4,11-12H2,1-3H3,(H,18,19);1H. The van der Waals surface area contributed by atoms with Crippen molar-refractivity contribution in [3.8, 4) is 0 Å². The van der Waals surface area contributed by atoms with Crippen LogP contribution in [0, 0.1) is 0 Å². The van der Waals surface area contributed by atoms with Crippen molar-refractivity contribution in [2.45, 2.75) is 20.0 Å². The first-order chi connectivity index (χ1) is 10.6. The van der Waals surface area contributed by atoms with E-state index in [9.17, 15) is 0 Å². The number of halogens is 2. The van der Waals surface area contributed by atoms with Crippen molar-refractivity contribution in [2.75, 3.05) is 13.6 Å². The van der Waals surface area contributed by atoms with Gasteiger partial charge in [-0.05, 0) is 30.7 Å². The van der Waals surface area contributed by atoms with Crippen molar-refractivity contribution in [3.05, 3.63) is 52.8 Å². The first-order valence-electron chi connectivity index (χ1n) is 7.31. The number of nitrogens with zero attached hydrogens (tertiary/aromatic N) is 4. The molecule has 0 bridgehead atoms. The number of guanidine groups is 1. The van der Waals surface area contributed by atoms with Crippen LogP contribution in [0.1, 0.15) is 18.2 Å². The quantitative estimate of drug-likeness (QED) is 0.435. The lowest BCUT2D eigenvalue weighted by Gasteiger charge is -2.22. The maximum atomic E-state index is 5.92. The third-order valence-corrected chi connectivity index (χ3v) is 3.59. The molecule has 0 amide bonds. The summed E-state index contributed by atoms with van der Waals surface area (Å²) in [5, 5.41) is 8.23. The van der Waals surface area contributed by atoms with Gasteiger partial charge in [0.05, 0.1) is 12.2 Å². The van der Waals surface area contributed by atoms with Crippen molar-refractivity contribution < 1.29 is 0 Å². The Hall–Kier alpha value is -1.28. The minimum Gasteiger partial charge on any atom is -0.357 e. The zero-order valence-electron chi connectivity index (χ0n) is 13.7. The highest BCUT2D eigenvalue weighted by Gasteiger charge is 2.07. The number of hydrogen-bond donors (Lipinski definition) is 1. The molecule has 0 fully saturated rings. The molecule has 0 aliphatic rings. The molecule has 0 atom stereocenters. The van der Waals surface area contributed by atoms with Gasteiger partial charge in [-0.25, -0.2) is 4.99 Å². The fourth-order valence-electron chi connectivity index (χ4n) is 2.12. The average molecular weight is 448 g/mol. The first-order valence-corrected chi connectivity index (χ1v) is 7.68. The van der Waals surface area contributed by atoms with Crippen molar-refractivity contribution in [2.24, 2.45) is 12.0 Å². The third-order valence-electron chi connectivity index (χ3n) is 3.34. The molecule has 1 N–H and O–H groups in total. The van der Waals surface area contributed by atoms with E-state index in [0.29, 0.717) is 6.54 Å². The minimum absolute atomic E-state index is 0. The van der Waals surface area contributed by atoms with Crippen LogP contribution in [0.5, 0.6) is 0 Å². The molecule has 0 saturated carbocycles. The highest BCUT2D eigenvalue weighted by molar-refractivity contribution is 14.0.